The third-order valence-electron chi connectivity index (χ3n) is 5.86. The van der Waals surface area contributed by atoms with Gasteiger partial charge in [0.15, 0.2) is 11.5 Å². The highest BCUT2D eigenvalue weighted by Gasteiger charge is 2.37. The van der Waals surface area contributed by atoms with Gasteiger partial charge in [0, 0.05) is 18.7 Å². The number of morpholine rings is 1. The summed E-state index contributed by atoms with van der Waals surface area (Å²) in [5.74, 6) is -0.183. The highest BCUT2D eigenvalue weighted by molar-refractivity contribution is 8.18. The molecule has 2 aliphatic heterocycles. The van der Waals surface area contributed by atoms with E-state index >= 15 is 0 Å². The Labute approximate surface area is 218 Å². The van der Waals surface area contributed by atoms with Gasteiger partial charge in [-0.25, -0.2) is 4.39 Å². The Kier molecular flexibility index (Phi) is 8.62. The normalized spacial score (nSPS) is 16.9. The van der Waals surface area contributed by atoms with Gasteiger partial charge in [-0.2, -0.15) is 0 Å². The van der Waals surface area contributed by atoms with Crippen LogP contribution in [-0.4, -0.2) is 66.8 Å². The van der Waals surface area contributed by atoms with Crippen molar-refractivity contribution in [2.24, 2.45) is 0 Å². The monoisotopic (exact) mass is 526 g/mol. The minimum Gasteiger partial charge on any atom is -0.493 e. The quantitative estimate of drug-likeness (QED) is 0.360. The number of rotatable bonds is 9. The number of carbonyl (C=O) groups excluding carboxylic acids is 3. The number of benzene rings is 2. The summed E-state index contributed by atoms with van der Waals surface area (Å²) in [5, 5.41) is -0.490. The maximum absolute atomic E-state index is 13.2. The first-order valence-electron chi connectivity index (χ1n) is 11.7. The number of methoxy groups -OCH3 is 1. The van der Waals surface area contributed by atoms with Gasteiger partial charge < -0.3 is 19.1 Å². The van der Waals surface area contributed by atoms with Gasteiger partial charge in [0.25, 0.3) is 11.1 Å². The number of nitrogens with zero attached hydrogens (tertiary/aromatic N) is 2. The molecule has 2 aliphatic rings. The number of carbonyl (C=O) groups is 3. The molecule has 194 valence electrons. The molecular weight excluding hydrogens is 499 g/mol. The Morgan fingerprint density at radius 2 is 1.92 bits per heavy atom. The molecule has 2 fully saturated rings. The topological polar surface area (TPSA) is 85.4 Å². The van der Waals surface area contributed by atoms with Crippen LogP contribution in [0.25, 0.3) is 6.08 Å². The number of hydrogen-bond donors (Lipinski definition) is 0. The van der Waals surface area contributed by atoms with Gasteiger partial charge >= 0.3 is 0 Å². The second kappa shape index (κ2) is 12.1. The molecule has 2 aromatic rings. The Hall–Kier alpha value is -3.63. The number of halogens is 1. The second-order valence-corrected chi connectivity index (χ2v) is 9.37. The fourth-order valence-electron chi connectivity index (χ4n) is 3.96. The van der Waals surface area contributed by atoms with Gasteiger partial charge in [0.05, 0.1) is 25.2 Å². The van der Waals surface area contributed by atoms with Gasteiger partial charge in [-0.3, -0.25) is 19.3 Å². The van der Waals surface area contributed by atoms with Crippen molar-refractivity contribution in [3.8, 4) is 11.5 Å². The van der Waals surface area contributed by atoms with Crippen molar-refractivity contribution in [1.29, 1.82) is 0 Å². The van der Waals surface area contributed by atoms with Crippen LogP contribution < -0.4 is 9.47 Å². The number of allylic oxidation sites excluding steroid dienone is 1. The summed E-state index contributed by atoms with van der Waals surface area (Å²) in [6, 6.07) is 9.56. The average Bonchev–Trinajstić information content (AvgIpc) is 3.16. The van der Waals surface area contributed by atoms with Crippen LogP contribution in [0.5, 0.6) is 11.5 Å². The lowest BCUT2D eigenvalue weighted by atomic mass is 10.0. The van der Waals surface area contributed by atoms with E-state index in [4.69, 9.17) is 14.2 Å². The first kappa shape index (κ1) is 26.4. The summed E-state index contributed by atoms with van der Waals surface area (Å²) in [5.41, 5.74) is 2.19. The molecule has 0 aromatic heterocycles. The van der Waals surface area contributed by atoms with Crippen LogP contribution in [-0.2, 0) is 27.4 Å². The van der Waals surface area contributed by atoms with Crippen molar-refractivity contribution < 1.29 is 33.0 Å². The SMILES string of the molecule is C=CCc1cc(/C=C2/SC(=O)N(CC(=O)N3CCOCC3)C2=O)cc(OC)c1OCc1ccc(F)cc1. The van der Waals surface area contributed by atoms with E-state index in [2.05, 4.69) is 6.58 Å². The molecule has 3 amide bonds. The molecule has 0 radical (unpaired) electrons. The van der Waals surface area contributed by atoms with Gasteiger partial charge in [-0.1, -0.05) is 18.2 Å². The van der Waals surface area contributed by atoms with Crippen LogP contribution in [0.4, 0.5) is 9.18 Å². The summed E-state index contributed by atoms with van der Waals surface area (Å²) in [6.07, 6.45) is 3.78. The van der Waals surface area contributed by atoms with Crippen molar-refractivity contribution in [3.05, 3.63) is 76.5 Å². The van der Waals surface area contributed by atoms with Crippen LogP contribution in [0.2, 0.25) is 0 Å². The molecule has 0 aliphatic carbocycles. The molecule has 37 heavy (non-hydrogen) atoms. The van der Waals surface area contributed by atoms with Crippen molar-refractivity contribution >= 4 is 34.9 Å². The van der Waals surface area contributed by atoms with E-state index in [1.807, 2.05) is 6.07 Å². The predicted molar refractivity (Wildman–Crippen MR) is 138 cm³/mol. The van der Waals surface area contributed by atoms with Gasteiger partial charge in [0.1, 0.15) is 19.0 Å². The Morgan fingerprint density at radius 1 is 1.19 bits per heavy atom. The van der Waals surface area contributed by atoms with Gasteiger partial charge in [0.2, 0.25) is 5.91 Å². The molecule has 0 spiro atoms. The lowest BCUT2D eigenvalue weighted by Crippen LogP contribution is -2.46. The number of thioether (sulfide) groups is 1. The van der Waals surface area contributed by atoms with Crippen molar-refractivity contribution in [2.45, 2.75) is 13.0 Å². The highest BCUT2D eigenvalue weighted by atomic mass is 32.2. The average molecular weight is 527 g/mol. The predicted octanol–water partition coefficient (Wildman–Crippen LogP) is 4.04. The number of ether oxygens (including phenoxy) is 3. The van der Waals surface area contributed by atoms with E-state index in [-0.39, 0.29) is 29.8 Å². The largest absolute Gasteiger partial charge is 0.493 e. The lowest BCUT2D eigenvalue weighted by molar-refractivity contribution is -0.139. The smallest absolute Gasteiger partial charge is 0.294 e. The number of amides is 3. The Balaban J connectivity index is 1.53. The lowest BCUT2D eigenvalue weighted by Gasteiger charge is -2.28. The van der Waals surface area contributed by atoms with Crippen LogP contribution in [0.1, 0.15) is 16.7 Å². The molecule has 10 heteroatoms. The minimum absolute atomic E-state index is 0.205. The van der Waals surface area contributed by atoms with Crippen LogP contribution in [0.3, 0.4) is 0 Å². The van der Waals surface area contributed by atoms with Gasteiger partial charge in [-0.15, -0.1) is 6.58 Å². The summed E-state index contributed by atoms with van der Waals surface area (Å²) < 4.78 is 30.0. The fraction of sp³-hybridized carbons (Fsp3) is 0.296. The molecular formula is C27H27FN2O6S. The van der Waals surface area contributed by atoms with Gasteiger partial charge in [-0.05, 0) is 59.7 Å². The highest BCUT2D eigenvalue weighted by Crippen LogP contribution is 2.37. The van der Waals surface area contributed by atoms with Crippen LogP contribution >= 0.6 is 11.8 Å². The molecule has 0 bridgehead atoms. The van der Waals surface area contributed by atoms with Crippen molar-refractivity contribution in [1.82, 2.24) is 9.80 Å². The molecule has 2 heterocycles. The summed E-state index contributed by atoms with van der Waals surface area (Å²) >= 11 is 0.791. The Bertz CT molecular complexity index is 1220. The van der Waals surface area contributed by atoms with E-state index in [1.165, 1.54) is 19.2 Å². The molecule has 2 saturated heterocycles. The third-order valence-corrected chi connectivity index (χ3v) is 6.77. The zero-order chi connectivity index (χ0) is 26.4. The summed E-state index contributed by atoms with van der Waals surface area (Å²) in [6.45, 7) is 5.45. The molecule has 8 nitrogen and oxygen atoms in total. The standard InChI is InChI=1S/C27H27FN2O6S/c1-3-4-20-13-19(14-22(34-2)25(20)36-17-18-5-7-21(28)8-6-18)15-23-26(32)30(27(33)37-23)16-24(31)29-9-11-35-12-10-29/h3,5-8,13-15H,1,4,9-12,16-17H2,2H3/b23-15+. The zero-order valence-corrected chi connectivity index (χ0v) is 21.2. The third kappa shape index (κ3) is 6.39. The van der Waals surface area contributed by atoms with E-state index in [9.17, 15) is 18.8 Å². The van der Waals surface area contributed by atoms with E-state index in [0.29, 0.717) is 49.8 Å². The second-order valence-electron chi connectivity index (χ2n) is 8.38. The van der Waals surface area contributed by atoms with Crippen molar-refractivity contribution in [3.63, 3.8) is 0 Å². The molecule has 0 saturated carbocycles. The zero-order valence-electron chi connectivity index (χ0n) is 20.4. The molecule has 2 aromatic carbocycles. The Morgan fingerprint density at radius 3 is 2.59 bits per heavy atom. The van der Waals surface area contributed by atoms with Crippen LogP contribution in [0, 0.1) is 5.82 Å². The fourth-order valence-corrected chi connectivity index (χ4v) is 4.80. The first-order valence-corrected chi connectivity index (χ1v) is 12.5. The summed E-state index contributed by atoms with van der Waals surface area (Å²) in [4.78, 5) is 40.9. The van der Waals surface area contributed by atoms with E-state index < -0.39 is 11.1 Å². The molecule has 0 atom stereocenters. The maximum Gasteiger partial charge on any atom is 0.294 e. The van der Waals surface area contributed by atoms with Crippen LogP contribution in [0.15, 0.2) is 54.0 Å². The first-order chi connectivity index (χ1) is 17.9. The molecule has 0 N–H and O–H groups in total. The number of hydrogen-bond acceptors (Lipinski definition) is 7. The summed E-state index contributed by atoms with van der Waals surface area (Å²) in [7, 11) is 1.51. The van der Waals surface area contributed by atoms with E-state index in [1.54, 1.807) is 35.3 Å². The minimum atomic E-state index is -0.516. The number of imide groups is 1. The molecule has 4 rings (SSSR count). The van der Waals surface area contributed by atoms with Crippen molar-refractivity contribution in [2.75, 3.05) is 40.0 Å². The maximum atomic E-state index is 13.2. The molecule has 0 unspecified atom stereocenters. The van der Waals surface area contributed by atoms with E-state index in [0.717, 1.165) is 27.8 Å².